The number of carbonyl (C=O) groups is 1. The van der Waals surface area contributed by atoms with Gasteiger partial charge >= 0.3 is 0 Å². The van der Waals surface area contributed by atoms with E-state index in [4.69, 9.17) is 4.98 Å². The normalized spacial score (nSPS) is 21.3. The number of pyridine rings is 1. The van der Waals surface area contributed by atoms with E-state index in [1.807, 2.05) is 30.0 Å². The average molecular weight is 364 g/mol. The van der Waals surface area contributed by atoms with E-state index in [2.05, 4.69) is 30.4 Å². The van der Waals surface area contributed by atoms with Crippen molar-refractivity contribution in [1.29, 1.82) is 0 Å². The first-order valence-electron chi connectivity index (χ1n) is 9.04. The molecule has 5 heterocycles. The Morgan fingerprint density at radius 1 is 1.30 bits per heavy atom. The molecule has 3 aromatic heterocycles. The zero-order valence-corrected chi connectivity index (χ0v) is 15.2. The van der Waals surface area contributed by atoms with E-state index in [9.17, 15) is 4.79 Å². The van der Waals surface area contributed by atoms with Gasteiger partial charge < -0.3 is 15.1 Å². The Morgan fingerprint density at radius 3 is 2.89 bits per heavy atom. The summed E-state index contributed by atoms with van der Waals surface area (Å²) >= 11 is 0. The molecule has 2 saturated heterocycles. The number of hydrogen-bond donors (Lipinski definition) is 2. The van der Waals surface area contributed by atoms with Crippen LogP contribution in [0.1, 0.15) is 19.0 Å². The van der Waals surface area contributed by atoms with Gasteiger partial charge in [-0.15, -0.1) is 0 Å². The molecule has 0 unspecified atom stereocenters. The minimum Gasteiger partial charge on any atom is -0.336 e. The molecule has 0 spiro atoms. The Morgan fingerprint density at radius 2 is 2.19 bits per heavy atom. The van der Waals surface area contributed by atoms with E-state index in [0.717, 1.165) is 30.6 Å². The van der Waals surface area contributed by atoms with Gasteiger partial charge in [0.15, 0.2) is 11.5 Å². The monoisotopic (exact) mass is 364 g/mol. The molecule has 138 valence electrons. The van der Waals surface area contributed by atoms with Gasteiger partial charge in [-0.1, -0.05) is 0 Å². The van der Waals surface area contributed by atoms with Crippen LogP contribution in [-0.2, 0) is 4.79 Å². The molecule has 9 nitrogen and oxygen atoms in total. The summed E-state index contributed by atoms with van der Waals surface area (Å²) in [5, 5.41) is 11.3. The first-order valence-corrected chi connectivity index (χ1v) is 9.04. The molecule has 2 atom stereocenters. The summed E-state index contributed by atoms with van der Waals surface area (Å²) in [5.74, 6) is 2.17. The lowest BCUT2D eigenvalue weighted by Crippen LogP contribution is -2.48. The number of anilines is 3. The Kier molecular flexibility index (Phi) is 3.49. The number of hydrogen-bond acceptors (Lipinski definition) is 7. The van der Waals surface area contributed by atoms with Gasteiger partial charge in [0.25, 0.3) is 0 Å². The van der Waals surface area contributed by atoms with Crippen molar-refractivity contribution in [1.82, 2.24) is 30.0 Å². The predicted molar refractivity (Wildman–Crippen MR) is 101 cm³/mol. The highest BCUT2D eigenvalue weighted by Gasteiger charge is 2.45. The van der Waals surface area contributed by atoms with Gasteiger partial charge in [0.1, 0.15) is 5.82 Å². The molecule has 2 aliphatic heterocycles. The van der Waals surface area contributed by atoms with Gasteiger partial charge in [-0.05, 0) is 25.5 Å². The maximum Gasteiger partial charge on any atom is 0.229 e. The molecule has 0 radical (unpaired) electrons. The molecule has 2 fully saturated rings. The Bertz CT molecular complexity index is 1030. The molecule has 0 saturated carbocycles. The van der Waals surface area contributed by atoms with Crippen LogP contribution in [0.2, 0.25) is 0 Å². The third kappa shape index (κ3) is 2.66. The van der Waals surface area contributed by atoms with Crippen LogP contribution < -0.4 is 10.2 Å². The quantitative estimate of drug-likeness (QED) is 0.728. The first kappa shape index (κ1) is 16.0. The Hall–Kier alpha value is -3.23. The van der Waals surface area contributed by atoms with Gasteiger partial charge in [0.2, 0.25) is 11.9 Å². The third-order valence-corrected chi connectivity index (χ3v) is 5.31. The number of fused-ring (bicyclic) bond motifs is 3. The van der Waals surface area contributed by atoms with E-state index >= 15 is 0 Å². The second-order valence-corrected chi connectivity index (χ2v) is 7.18. The summed E-state index contributed by atoms with van der Waals surface area (Å²) in [7, 11) is 0. The van der Waals surface area contributed by atoms with Crippen LogP contribution in [0.5, 0.6) is 0 Å². The fraction of sp³-hybridized carbons (Fsp3) is 0.389. The van der Waals surface area contributed by atoms with E-state index < -0.39 is 0 Å². The van der Waals surface area contributed by atoms with E-state index in [1.54, 1.807) is 13.1 Å². The van der Waals surface area contributed by atoms with E-state index in [1.165, 1.54) is 0 Å². The zero-order valence-electron chi connectivity index (χ0n) is 15.2. The molecule has 2 bridgehead atoms. The highest BCUT2D eigenvalue weighted by atomic mass is 16.2. The lowest BCUT2D eigenvalue weighted by molar-refractivity contribution is -0.129. The van der Waals surface area contributed by atoms with Crippen molar-refractivity contribution >= 4 is 34.5 Å². The van der Waals surface area contributed by atoms with Crippen LogP contribution in [-0.4, -0.2) is 61.1 Å². The Balaban J connectivity index is 1.52. The molecule has 27 heavy (non-hydrogen) atoms. The lowest BCUT2D eigenvalue weighted by Gasteiger charge is -2.33. The van der Waals surface area contributed by atoms with Crippen molar-refractivity contribution in [2.24, 2.45) is 0 Å². The number of rotatable bonds is 3. The molecular weight excluding hydrogens is 344 g/mol. The highest BCUT2D eigenvalue weighted by molar-refractivity contribution is 5.89. The molecule has 0 aliphatic carbocycles. The van der Waals surface area contributed by atoms with Crippen molar-refractivity contribution in [3.8, 4) is 0 Å². The maximum absolute atomic E-state index is 11.8. The summed E-state index contributed by atoms with van der Waals surface area (Å²) < 4.78 is 0. The van der Waals surface area contributed by atoms with Crippen LogP contribution in [0.3, 0.4) is 0 Å². The number of amides is 1. The maximum atomic E-state index is 11.8. The molecule has 0 aromatic carbocycles. The van der Waals surface area contributed by atoms with Crippen LogP contribution in [0.4, 0.5) is 17.6 Å². The standard InChI is InChI=1S/C18H20N8O/c1-10-6-15(24-23-10)20-17-14-4-3-5-19-16(14)21-18(22-17)26-9-12-7-13(26)8-25(12)11(2)27/h3-6,12-13H,7-9H2,1-2H3,(H2,19,20,21,22,23,24)/t12-,13+/m0/s1. The van der Waals surface area contributed by atoms with Crippen LogP contribution in [0.25, 0.3) is 11.0 Å². The van der Waals surface area contributed by atoms with Crippen molar-refractivity contribution in [3.63, 3.8) is 0 Å². The molecule has 5 rings (SSSR count). The topological polar surface area (TPSA) is 103 Å². The van der Waals surface area contributed by atoms with Crippen molar-refractivity contribution in [2.75, 3.05) is 23.3 Å². The second kappa shape index (κ2) is 5.90. The van der Waals surface area contributed by atoms with Crippen LogP contribution in [0, 0.1) is 6.92 Å². The van der Waals surface area contributed by atoms with Gasteiger partial charge in [-0.2, -0.15) is 15.1 Å². The average Bonchev–Trinajstić information content (AvgIpc) is 3.37. The third-order valence-electron chi connectivity index (χ3n) is 5.31. The molecule has 1 amide bonds. The Labute approximate surface area is 155 Å². The second-order valence-electron chi connectivity index (χ2n) is 7.18. The number of aryl methyl sites for hydroxylation is 1. The number of nitrogens with zero attached hydrogens (tertiary/aromatic N) is 6. The number of piperazine rings is 1. The van der Waals surface area contributed by atoms with Crippen LogP contribution >= 0.6 is 0 Å². The lowest BCUT2D eigenvalue weighted by atomic mass is 10.2. The minimum absolute atomic E-state index is 0.138. The van der Waals surface area contributed by atoms with Gasteiger partial charge in [-0.25, -0.2) is 4.98 Å². The smallest absolute Gasteiger partial charge is 0.229 e. The molecule has 2 aliphatic rings. The summed E-state index contributed by atoms with van der Waals surface area (Å²) in [6, 6.07) is 6.23. The van der Waals surface area contributed by atoms with E-state index in [0.29, 0.717) is 23.2 Å². The predicted octanol–water partition coefficient (Wildman–Crippen LogP) is 1.61. The molecule has 2 N–H and O–H groups in total. The zero-order chi connectivity index (χ0) is 18.5. The largest absolute Gasteiger partial charge is 0.336 e. The number of H-pyrrole nitrogens is 1. The van der Waals surface area contributed by atoms with E-state index in [-0.39, 0.29) is 18.0 Å². The SMILES string of the molecule is CC(=O)N1C[C@H]2C[C@H]1CN2c1nc(Nc2cc(C)[nH]n2)c2cccnc2n1. The highest BCUT2D eigenvalue weighted by Crippen LogP contribution is 2.34. The molecule has 9 heteroatoms. The summed E-state index contributed by atoms with van der Waals surface area (Å²) in [4.78, 5) is 29.8. The number of aromatic amines is 1. The fourth-order valence-electron chi connectivity index (χ4n) is 4.08. The van der Waals surface area contributed by atoms with Crippen molar-refractivity contribution in [2.45, 2.75) is 32.4 Å². The van der Waals surface area contributed by atoms with Gasteiger partial charge in [0, 0.05) is 38.0 Å². The first-order chi connectivity index (χ1) is 13.1. The number of carbonyl (C=O) groups excluding carboxylic acids is 1. The summed E-state index contributed by atoms with van der Waals surface area (Å²) in [6.45, 7) is 5.06. The number of likely N-dealkylation sites (tertiary alicyclic amines) is 1. The fourth-order valence-corrected chi connectivity index (χ4v) is 4.08. The van der Waals surface area contributed by atoms with Crippen molar-refractivity contribution in [3.05, 3.63) is 30.1 Å². The van der Waals surface area contributed by atoms with Gasteiger partial charge in [0.05, 0.1) is 17.5 Å². The number of nitrogens with one attached hydrogen (secondary N) is 2. The van der Waals surface area contributed by atoms with Gasteiger partial charge in [-0.3, -0.25) is 9.89 Å². The molecule has 3 aromatic rings. The van der Waals surface area contributed by atoms with Crippen LogP contribution in [0.15, 0.2) is 24.4 Å². The minimum atomic E-state index is 0.138. The summed E-state index contributed by atoms with van der Waals surface area (Å²) in [5.41, 5.74) is 1.61. The summed E-state index contributed by atoms with van der Waals surface area (Å²) in [6.07, 6.45) is 2.69. The number of aromatic nitrogens is 5. The molecular formula is C18H20N8O. The van der Waals surface area contributed by atoms with Crippen molar-refractivity contribution < 1.29 is 4.79 Å².